The Hall–Kier alpha value is -0.370. The molecule has 2 nitrogen and oxygen atoms in total. The molecule has 0 aromatic carbocycles. The van der Waals surface area contributed by atoms with E-state index in [-0.39, 0.29) is 6.10 Å². The van der Waals surface area contributed by atoms with Crippen molar-refractivity contribution in [2.24, 2.45) is 17.8 Å². The zero-order valence-corrected chi connectivity index (χ0v) is 11.0. The van der Waals surface area contributed by atoms with Crippen LogP contribution in [0.1, 0.15) is 64.7 Å². The van der Waals surface area contributed by atoms with Crippen molar-refractivity contribution in [1.82, 2.24) is 0 Å². The number of hydrogen-bond donors (Lipinski definition) is 1. The number of unbranched alkanes of at least 4 members (excludes halogenated alkanes) is 1. The molecule has 2 saturated carbocycles. The van der Waals surface area contributed by atoms with Gasteiger partial charge >= 0.3 is 0 Å². The number of aliphatic hydroxyl groups excluding tert-OH is 1. The van der Waals surface area contributed by atoms with Crippen molar-refractivity contribution < 1.29 is 9.90 Å². The minimum Gasteiger partial charge on any atom is -0.393 e. The smallest absolute Gasteiger partial charge is 0.133 e. The van der Waals surface area contributed by atoms with E-state index in [9.17, 15) is 9.90 Å². The Morgan fingerprint density at radius 1 is 1.29 bits per heavy atom. The van der Waals surface area contributed by atoms with Crippen LogP contribution in [0.15, 0.2) is 0 Å². The van der Waals surface area contributed by atoms with E-state index >= 15 is 0 Å². The molecule has 0 bridgehead atoms. The van der Waals surface area contributed by atoms with E-state index < -0.39 is 0 Å². The van der Waals surface area contributed by atoms with Gasteiger partial charge in [0.05, 0.1) is 6.10 Å². The Morgan fingerprint density at radius 2 is 2.12 bits per heavy atom. The molecule has 2 rings (SSSR count). The minimum atomic E-state index is -0.0978. The molecule has 98 valence electrons. The highest BCUT2D eigenvalue weighted by Gasteiger charge is 2.42. The van der Waals surface area contributed by atoms with E-state index in [2.05, 4.69) is 0 Å². The van der Waals surface area contributed by atoms with Crippen LogP contribution in [0.2, 0.25) is 0 Å². The first kappa shape index (κ1) is 13.1. The normalized spacial score (nSPS) is 34.0. The Kier molecular flexibility index (Phi) is 4.61. The maximum absolute atomic E-state index is 11.4. The fourth-order valence-electron chi connectivity index (χ4n) is 3.82. The van der Waals surface area contributed by atoms with Gasteiger partial charge in [0.2, 0.25) is 0 Å². The van der Waals surface area contributed by atoms with E-state index in [0.717, 1.165) is 49.9 Å². The Balaban J connectivity index is 1.65. The van der Waals surface area contributed by atoms with Crippen molar-refractivity contribution in [2.45, 2.75) is 70.8 Å². The fourth-order valence-corrected chi connectivity index (χ4v) is 3.82. The molecule has 2 aliphatic carbocycles. The number of fused-ring (bicyclic) bond motifs is 1. The maximum Gasteiger partial charge on any atom is 0.133 e. The molecule has 1 N–H and O–H groups in total. The number of carbonyl (C=O) groups excluding carboxylic acids is 1. The second kappa shape index (κ2) is 5.99. The molecule has 2 aliphatic rings. The molecule has 2 heteroatoms. The Morgan fingerprint density at radius 3 is 2.88 bits per heavy atom. The van der Waals surface area contributed by atoms with Crippen LogP contribution in [-0.2, 0) is 4.79 Å². The van der Waals surface area contributed by atoms with Gasteiger partial charge in [-0.2, -0.15) is 0 Å². The summed E-state index contributed by atoms with van der Waals surface area (Å²) in [6.07, 6.45) is 9.78. The predicted octanol–water partition coefficient (Wildman–Crippen LogP) is 3.32. The second-order valence-electron chi connectivity index (χ2n) is 6.05. The first-order valence-corrected chi connectivity index (χ1v) is 7.40. The van der Waals surface area contributed by atoms with Gasteiger partial charge < -0.3 is 5.11 Å². The molecule has 0 saturated heterocycles. The summed E-state index contributed by atoms with van der Waals surface area (Å²) in [5, 5.41) is 9.49. The van der Waals surface area contributed by atoms with Crippen molar-refractivity contribution in [3.63, 3.8) is 0 Å². The van der Waals surface area contributed by atoms with Gasteiger partial charge in [-0.05, 0) is 43.4 Å². The maximum atomic E-state index is 11.4. The summed E-state index contributed by atoms with van der Waals surface area (Å²) < 4.78 is 0. The summed E-state index contributed by atoms with van der Waals surface area (Å²) in [5.74, 6) is 2.77. The molecular formula is C15H26O2. The highest BCUT2D eigenvalue weighted by Crippen LogP contribution is 2.47. The summed E-state index contributed by atoms with van der Waals surface area (Å²) in [6, 6.07) is 0. The number of carbonyl (C=O) groups is 1. The summed E-state index contributed by atoms with van der Waals surface area (Å²) in [4.78, 5) is 11.4. The highest BCUT2D eigenvalue weighted by molar-refractivity contribution is 5.81. The molecule has 4 atom stereocenters. The van der Waals surface area contributed by atoms with Crippen LogP contribution in [-0.4, -0.2) is 17.0 Å². The average Bonchev–Trinajstić information content (AvgIpc) is 2.84. The zero-order valence-electron chi connectivity index (χ0n) is 11.0. The lowest BCUT2D eigenvalue weighted by Gasteiger charge is -2.17. The van der Waals surface area contributed by atoms with E-state index in [1.807, 2.05) is 6.92 Å². The first-order chi connectivity index (χ1) is 8.20. The van der Waals surface area contributed by atoms with Gasteiger partial charge in [0.15, 0.2) is 0 Å². The number of Topliss-reactive ketones (excluding diaryl/α,β-unsaturated/α-hetero) is 1. The molecular weight excluding hydrogens is 212 g/mol. The second-order valence-corrected chi connectivity index (χ2v) is 6.05. The molecule has 0 heterocycles. The molecule has 2 fully saturated rings. The zero-order chi connectivity index (χ0) is 12.3. The quantitative estimate of drug-likeness (QED) is 0.721. The van der Waals surface area contributed by atoms with Gasteiger partial charge in [0.1, 0.15) is 5.78 Å². The van der Waals surface area contributed by atoms with Crippen LogP contribution in [0.3, 0.4) is 0 Å². The largest absolute Gasteiger partial charge is 0.393 e. The van der Waals surface area contributed by atoms with Crippen LogP contribution in [0.25, 0.3) is 0 Å². The van der Waals surface area contributed by atoms with Crippen molar-refractivity contribution in [3.05, 3.63) is 0 Å². The van der Waals surface area contributed by atoms with Crippen LogP contribution < -0.4 is 0 Å². The number of hydrogen-bond acceptors (Lipinski definition) is 2. The van der Waals surface area contributed by atoms with Crippen LogP contribution >= 0.6 is 0 Å². The molecule has 0 aliphatic heterocycles. The lowest BCUT2D eigenvalue weighted by Crippen LogP contribution is -2.10. The van der Waals surface area contributed by atoms with Crippen LogP contribution in [0.5, 0.6) is 0 Å². The molecule has 2 unspecified atom stereocenters. The monoisotopic (exact) mass is 238 g/mol. The highest BCUT2D eigenvalue weighted by atomic mass is 16.3. The fraction of sp³-hybridized carbons (Fsp3) is 0.933. The molecule has 17 heavy (non-hydrogen) atoms. The van der Waals surface area contributed by atoms with Gasteiger partial charge in [-0.25, -0.2) is 0 Å². The topological polar surface area (TPSA) is 37.3 Å². The predicted molar refractivity (Wildman–Crippen MR) is 68.7 cm³/mol. The summed E-state index contributed by atoms with van der Waals surface area (Å²) >= 11 is 0. The van der Waals surface area contributed by atoms with Crippen LogP contribution in [0.4, 0.5) is 0 Å². The third-order valence-electron chi connectivity index (χ3n) is 4.91. The van der Waals surface area contributed by atoms with Gasteiger partial charge in [0, 0.05) is 12.8 Å². The first-order valence-electron chi connectivity index (χ1n) is 7.40. The Labute approximate surface area is 105 Å². The number of rotatable bonds is 6. The van der Waals surface area contributed by atoms with Gasteiger partial charge in [-0.3, -0.25) is 4.79 Å². The van der Waals surface area contributed by atoms with Crippen molar-refractivity contribution in [3.8, 4) is 0 Å². The van der Waals surface area contributed by atoms with Gasteiger partial charge in [0.25, 0.3) is 0 Å². The number of ketones is 1. The lowest BCUT2D eigenvalue weighted by atomic mass is 9.88. The standard InChI is InChI=1S/C15H26O2/c1-2-13(16)6-4-3-5-11-7-8-12-9-14(17)10-15(11)12/h11-13,15-16H,2-10H2,1H3/t11?,12-,13?,15-/m1/s1. The molecule has 0 spiro atoms. The average molecular weight is 238 g/mol. The molecule has 0 amide bonds. The van der Waals surface area contributed by atoms with Crippen molar-refractivity contribution in [2.75, 3.05) is 0 Å². The van der Waals surface area contributed by atoms with Crippen molar-refractivity contribution >= 4 is 5.78 Å². The molecule has 0 radical (unpaired) electrons. The third kappa shape index (κ3) is 3.31. The van der Waals surface area contributed by atoms with E-state index in [1.165, 1.54) is 25.7 Å². The van der Waals surface area contributed by atoms with Gasteiger partial charge in [-0.15, -0.1) is 0 Å². The molecule has 0 aromatic rings. The summed E-state index contributed by atoms with van der Waals surface area (Å²) in [6.45, 7) is 2.04. The minimum absolute atomic E-state index is 0.0978. The van der Waals surface area contributed by atoms with Gasteiger partial charge in [-0.1, -0.05) is 26.2 Å². The molecule has 0 aromatic heterocycles. The third-order valence-corrected chi connectivity index (χ3v) is 4.91. The van der Waals surface area contributed by atoms with Crippen LogP contribution in [0, 0.1) is 17.8 Å². The SMILES string of the molecule is CCC(O)CCCCC1CC[C@@H]2CC(=O)C[C@H]12. The lowest BCUT2D eigenvalue weighted by molar-refractivity contribution is -0.118. The Bertz CT molecular complexity index is 262. The van der Waals surface area contributed by atoms with E-state index in [1.54, 1.807) is 0 Å². The summed E-state index contributed by atoms with van der Waals surface area (Å²) in [7, 11) is 0. The van der Waals surface area contributed by atoms with Crippen molar-refractivity contribution in [1.29, 1.82) is 0 Å². The van der Waals surface area contributed by atoms with E-state index in [0.29, 0.717) is 5.78 Å². The number of aliphatic hydroxyl groups is 1. The summed E-state index contributed by atoms with van der Waals surface area (Å²) in [5.41, 5.74) is 0. The van der Waals surface area contributed by atoms with E-state index in [4.69, 9.17) is 0 Å².